The number of halogens is 3. The van der Waals surface area contributed by atoms with Crippen molar-refractivity contribution in [3.05, 3.63) is 76.6 Å². The molecule has 0 atom stereocenters. The van der Waals surface area contributed by atoms with Crippen LogP contribution in [0.25, 0.3) is 0 Å². The number of aryl methyl sites for hydroxylation is 2. The molecule has 3 aromatic rings. The average Bonchev–Trinajstić information content (AvgIpc) is 2.80. The first-order valence-corrected chi connectivity index (χ1v) is 11.4. The van der Waals surface area contributed by atoms with Crippen molar-refractivity contribution >= 4 is 27.3 Å². The summed E-state index contributed by atoms with van der Waals surface area (Å²) in [5, 5.41) is 11.1. The topological polar surface area (TPSA) is 121 Å². The third-order valence-corrected chi connectivity index (χ3v) is 6.32. The Morgan fingerprint density at radius 3 is 2.31 bits per heavy atom. The molecule has 8 nitrogen and oxygen atoms in total. The fourth-order valence-electron chi connectivity index (χ4n) is 3.25. The van der Waals surface area contributed by atoms with Gasteiger partial charge in [0.15, 0.2) is 5.69 Å². The van der Waals surface area contributed by atoms with E-state index in [1.165, 1.54) is 25.3 Å². The van der Waals surface area contributed by atoms with Gasteiger partial charge in [-0.2, -0.15) is 18.4 Å². The molecule has 1 amide bonds. The van der Waals surface area contributed by atoms with E-state index in [4.69, 9.17) is 10.00 Å². The lowest BCUT2D eigenvalue weighted by Gasteiger charge is -2.16. The zero-order chi connectivity index (χ0) is 26.0. The molecule has 2 aromatic carbocycles. The molecular formula is C23H19F3N4O4S. The van der Waals surface area contributed by atoms with Gasteiger partial charge in [-0.1, -0.05) is 18.2 Å². The van der Waals surface area contributed by atoms with Gasteiger partial charge < -0.3 is 10.1 Å². The number of alkyl halides is 3. The maximum atomic E-state index is 13.4. The molecule has 0 saturated carbocycles. The summed E-state index contributed by atoms with van der Waals surface area (Å²) in [6.07, 6.45) is -5.00. The van der Waals surface area contributed by atoms with Crippen molar-refractivity contribution in [3.8, 4) is 11.8 Å². The zero-order valence-electron chi connectivity index (χ0n) is 18.7. The van der Waals surface area contributed by atoms with Crippen LogP contribution in [0.15, 0.2) is 53.4 Å². The fourth-order valence-corrected chi connectivity index (χ4v) is 4.65. The number of pyridine rings is 1. The van der Waals surface area contributed by atoms with Gasteiger partial charge in [0.05, 0.1) is 18.4 Å². The number of hydrogen-bond donors (Lipinski definition) is 2. The van der Waals surface area contributed by atoms with Crippen LogP contribution in [0.4, 0.5) is 24.5 Å². The summed E-state index contributed by atoms with van der Waals surface area (Å²) < 4.78 is 74.1. The monoisotopic (exact) mass is 504 g/mol. The number of carbonyl (C=O) groups is 1. The van der Waals surface area contributed by atoms with Crippen molar-refractivity contribution in [1.29, 1.82) is 5.26 Å². The van der Waals surface area contributed by atoms with Gasteiger partial charge >= 0.3 is 6.18 Å². The lowest BCUT2D eigenvalue weighted by atomic mass is 10.1. The average molecular weight is 504 g/mol. The molecule has 0 aliphatic rings. The van der Waals surface area contributed by atoms with E-state index >= 15 is 0 Å². The second-order valence-corrected chi connectivity index (χ2v) is 9.05. The molecule has 182 valence electrons. The minimum absolute atomic E-state index is 0.0437. The van der Waals surface area contributed by atoms with E-state index in [0.29, 0.717) is 16.8 Å². The van der Waals surface area contributed by atoms with E-state index in [9.17, 15) is 26.4 Å². The zero-order valence-corrected chi connectivity index (χ0v) is 19.5. The summed E-state index contributed by atoms with van der Waals surface area (Å²) in [7, 11) is -2.97. The molecule has 3 rings (SSSR count). The minimum atomic E-state index is -5.00. The quantitative estimate of drug-likeness (QED) is 0.504. The maximum Gasteiger partial charge on any atom is 0.434 e. The summed E-state index contributed by atoms with van der Waals surface area (Å²) in [5.74, 6) is -1.23. The van der Waals surface area contributed by atoms with Crippen LogP contribution in [-0.2, 0) is 16.2 Å². The first-order chi connectivity index (χ1) is 16.4. The van der Waals surface area contributed by atoms with Gasteiger partial charge in [0.25, 0.3) is 15.9 Å². The lowest BCUT2D eigenvalue weighted by molar-refractivity contribution is -0.141. The SMILES string of the molecule is COc1ccc(NC(=O)c2ccc(C#N)nc2C(F)(F)F)cc1S(=O)(=O)Nc1c(C)cccc1C. The number of anilines is 2. The Hall–Kier alpha value is -4.11. The number of nitrogens with zero attached hydrogens (tertiary/aromatic N) is 2. The van der Waals surface area contributed by atoms with E-state index in [1.807, 2.05) is 0 Å². The highest BCUT2D eigenvalue weighted by molar-refractivity contribution is 7.92. The largest absolute Gasteiger partial charge is 0.495 e. The van der Waals surface area contributed by atoms with Gasteiger partial charge in [-0.3, -0.25) is 9.52 Å². The minimum Gasteiger partial charge on any atom is -0.495 e. The Kier molecular flexibility index (Phi) is 7.02. The summed E-state index contributed by atoms with van der Waals surface area (Å²) in [5.41, 5.74) is -1.27. The molecule has 2 N–H and O–H groups in total. The molecule has 0 saturated heterocycles. The van der Waals surface area contributed by atoms with Crippen molar-refractivity contribution in [2.24, 2.45) is 0 Å². The number of rotatable bonds is 6. The summed E-state index contributed by atoms with van der Waals surface area (Å²) in [4.78, 5) is 15.5. The number of methoxy groups -OCH3 is 1. The van der Waals surface area contributed by atoms with Crippen molar-refractivity contribution in [2.75, 3.05) is 17.1 Å². The third kappa shape index (κ3) is 5.52. The second kappa shape index (κ2) is 9.63. The Bertz CT molecular complexity index is 1430. The summed E-state index contributed by atoms with van der Waals surface area (Å²) >= 11 is 0. The molecule has 0 aliphatic carbocycles. The van der Waals surface area contributed by atoms with Gasteiger partial charge in [-0.15, -0.1) is 0 Å². The molecule has 0 radical (unpaired) electrons. The predicted molar refractivity (Wildman–Crippen MR) is 122 cm³/mol. The van der Waals surface area contributed by atoms with E-state index in [-0.39, 0.29) is 16.3 Å². The number of sulfonamides is 1. The van der Waals surface area contributed by atoms with Gasteiger partial charge in [0.2, 0.25) is 0 Å². The van der Waals surface area contributed by atoms with Crippen LogP contribution >= 0.6 is 0 Å². The van der Waals surface area contributed by atoms with Crippen molar-refractivity contribution in [1.82, 2.24) is 4.98 Å². The molecule has 12 heteroatoms. The first kappa shape index (κ1) is 25.5. The third-order valence-electron chi connectivity index (χ3n) is 4.95. The van der Waals surface area contributed by atoms with Gasteiger partial charge in [-0.25, -0.2) is 13.4 Å². The second-order valence-electron chi connectivity index (χ2n) is 7.39. The lowest BCUT2D eigenvalue weighted by Crippen LogP contribution is -2.21. The van der Waals surface area contributed by atoms with Crippen molar-refractivity contribution in [2.45, 2.75) is 24.9 Å². The molecule has 0 fully saturated rings. The van der Waals surface area contributed by atoms with Crippen LogP contribution in [0.1, 0.15) is 32.9 Å². The van der Waals surface area contributed by atoms with Crippen LogP contribution in [0.2, 0.25) is 0 Å². The van der Waals surface area contributed by atoms with E-state index in [2.05, 4.69) is 15.0 Å². The Balaban J connectivity index is 2.00. The number of ether oxygens (including phenoxy) is 1. The molecule has 35 heavy (non-hydrogen) atoms. The van der Waals surface area contributed by atoms with Crippen LogP contribution in [0, 0.1) is 25.2 Å². The highest BCUT2D eigenvalue weighted by Gasteiger charge is 2.37. The highest BCUT2D eigenvalue weighted by Crippen LogP contribution is 2.33. The number of aromatic nitrogens is 1. The number of para-hydroxylation sites is 1. The van der Waals surface area contributed by atoms with Crippen LogP contribution in [0.3, 0.4) is 0 Å². The molecule has 0 bridgehead atoms. The Morgan fingerprint density at radius 1 is 1.09 bits per heavy atom. The number of amides is 1. The molecule has 1 heterocycles. The summed E-state index contributed by atoms with van der Waals surface area (Å²) in [6, 6.07) is 12.1. The fraction of sp³-hybridized carbons (Fsp3) is 0.174. The Labute approximate surface area is 199 Å². The molecule has 0 aliphatic heterocycles. The van der Waals surface area contributed by atoms with Crippen LogP contribution in [-0.4, -0.2) is 26.4 Å². The van der Waals surface area contributed by atoms with E-state index in [1.54, 1.807) is 32.0 Å². The molecule has 0 unspecified atom stereocenters. The highest BCUT2D eigenvalue weighted by atomic mass is 32.2. The molecular weight excluding hydrogens is 485 g/mol. The molecule has 0 spiro atoms. The van der Waals surface area contributed by atoms with Crippen molar-refractivity contribution in [3.63, 3.8) is 0 Å². The first-order valence-electron chi connectivity index (χ1n) is 9.94. The van der Waals surface area contributed by atoms with Crippen LogP contribution in [0.5, 0.6) is 5.75 Å². The van der Waals surface area contributed by atoms with E-state index < -0.39 is 39.1 Å². The maximum absolute atomic E-state index is 13.4. The number of nitrogens with one attached hydrogen (secondary N) is 2. The number of carbonyl (C=O) groups excluding carboxylic acids is 1. The number of hydrogen-bond acceptors (Lipinski definition) is 6. The number of nitriles is 1. The van der Waals surface area contributed by atoms with Gasteiger partial charge in [0, 0.05) is 5.69 Å². The molecule has 1 aromatic heterocycles. The van der Waals surface area contributed by atoms with Crippen molar-refractivity contribution < 1.29 is 31.1 Å². The van der Waals surface area contributed by atoms with Gasteiger partial charge in [-0.05, 0) is 55.3 Å². The summed E-state index contributed by atoms with van der Waals surface area (Å²) in [6.45, 7) is 3.45. The number of benzene rings is 2. The van der Waals surface area contributed by atoms with Gasteiger partial charge in [0.1, 0.15) is 22.4 Å². The van der Waals surface area contributed by atoms with Crippen LogP contribution < -0.4 is 14.8 Å². The predicted octanol–water partition coefficient (Wildman–Crippen LogP) is 4.65. The Morgan fingerprint density at radius 2 is 1.74 bits per heavy atom. The normalized spacial score (nSPS) is 11.5. The standard InChI is InChI=1S/C23H19F3N4O4S/c1-13-5-4-6-14(2)20(13)30-35(32,33)19-11-15(8-10-18(19)34-3)29-22(31)17-9-7-16(12-27)28-21(17)23(24,25)26/h4-11,30H,1-3H3,(H,29,31). The smallest absolute Gasteiger partial charge is 0.434 e. The van der Waals surface area contributed by atoms with E-state index in [0.717, 1.165) is 18.2 Å².